The summed E-state index contributed by atoms with van der Waals surface area (Å²) >= 11 is 0. The molecular weight excluding hydrogens is 166 g/mol. The van der Waals surface area contributed by atoms with Crippen LogP contribution in [0.1, 0.15) is 24.8 Å². The van der Waals surface area contributed by atoms with Crippen LogP contribution < -0.4 is 11.1 Å². The largest absolute Gasteiger partial charge is 0.384 e. The number of nitrogens with two attached hydrogens (primary N) is 1. The number of aliphatic hydroxyl groups excluding tert-OH is 1. The number of hydrogen-bond donors (Lipinski definition) is 3. The molecule has 0 amide bonds. The molecule has 2 atom stereocenters. The summed E-state index contributed by atoms with van der Waals surface area (Å²) in [7, 11) is 0. The Morgan fingerprint density at radius 3 is 3.15 bits per heavy atom. The van der Waals surface area contributed by atoms with Gasteiger partial charge in [-0.1, -0.05) is 13.0 Å². The van der Waals surface area contributed by atoms with Gasteiger partial charge in [-0.2, -0.15) is 0 Å². The van der Waals surface area contributed by atoms with Gasteiger partial charge in [0, 0.05) is 0 Å². The summed E-state index contributed by atoms with van der Waals surface area (Å²) in [6.45, 7) is 2.07. The standard InChI is InChI=1S/C9H13N3O/c1-5-4-8(13)12-9-6(5)2-3-7(10)11-9/h2-3,5,8,13H,4H2,1H3,(H3,10,11,12)/t5-,8+/m1/s1. The van der Waals surface area contributed by atoms with Crippen molar-refractivity contribution in [1.82, 2.24) is 4.98 Å². The lowest BCUT2D eigenvalue weighted by Crippen LogP contribution is -2.27. The lowest BCUT2D eigenvalue weighted by Gasteiger charge is -2.27. The predicted molar refractivity (Wildman–Crippen MR) is 51.3 cm³/mol. The molecule has 0 radical (unpaired) electrons. The number of fused-ring (bicyclic) bond motifs is 1. The number of rotatable bonds is 0. The third-order valence-corrected chi connectivity index (χ3v) is 2.36. The molecular formula is C9H13N3O. The maximum atomic E-state index is 9.43. The number of hydrogen-bond acceptors (Lipinski definition) is 4. The molecule has 0 saturated heterocycles. The van der Waals surface area contributed by atoms with Crippen LogP contribution in [0.25, 0.3) is 0 Å². The molecule has 0 spiro atoms. The third kappa shape index (κ3) is 1.45. The van der Waals surface area contributed by atoms with Crippen LogP contribution in [0.4, 0.5) is 11.6 Å². The average Bonchev–Trinajstić information content (AvgIpc) is 2.02. The second-order valence-corrected chi connectivity index (χ2v) is 3.47. The highest BCUT2D eigenvalue weighted by atomic mass is 16.3. The summed E-state index contributed by atoms with van der Waals surface area (Å²) in [6, 6.07) is 3.75. The van der Waals surface area contributed by atoms with Gasteiger partial charge in [0.15, 0.2) is 0 Å². The van der Waals surface area contributed by atoms with Crippen LogP contribution in [0.5, 0.6) is 0 Å². The molecule has 0 aromatic carbocycles. The molecule has 0 aliphatic carbocycles. The van der Waals surface area contributed by atoms with Crippen molar-refractivity contribution in [2.24, 2.45) is 0 Å². The Labute approximate surface area is 76.8 Å². The van der Waals surface area contributed by atoms with Crippen LogP contribution in [0, 0.1) is 0 Å². The Morgan fingerprint density at radius 2 is 2.38 bits per heavy atom. The Balaban J connectivity index is 2.43. The van der Waals surface area contributed by atoms with Crippen molar-refractivity contribution in [2.45, 2.75) is 25.5 Å². The van der Waals surface area contributed by atoms with Crippen molar-refractivity contribution < 1.29 is 5.11 Å². The number of nitrogen functional groups attached to an aromatic ring is 1. The Bertz CT molecular complexity index is 327. The zero-order valence-electron chi connectivity index (χ0n) is 7.49. The van der Waals surface area contributed by atoms with Gasteiger partial charge in [-0.25, -0.2) is 4.98 Å². The summed E-state index contributed by atoms with van der Waals surface area (Å²) < 4.78 is 0. The predicted octanol–water partition coefficient (Wildman–Crippen LogP) is 0.901. The molecule has 0 fully saturated rings. The molecule has 1 aromatic rings. The van der Waals surface area contributed by atoms with E-state index in [-0.39, 0.29) is 0 Å². The van der Waals surface area contributed by atoms with Crippen LogP contribution in [-0.2, 0) is 0 Å². The monoisotopic (exact) mass is 179 g/mol. The van der Waals surface area contributed by atoms with Gasteiger partial charge in [0.05, 0.1) is 0 Å². The quantitative estimate of drug-likeness (QED) is 0.553. The van der Waals surface area contributed by atoms with E-state index >= 15 is 0 Å². The van der Waals surface area contributed by atoms with Gasteiger partial charge in [-0.05, 0) is 24.0 Å². The first-order valence-corrected chi connectivity index (χ1v) is 4.38. The van der Waals surface area contributed by atoms with E-state index in [1.54, 1.807) is 6.07 Å². The molecule has 0 unspecified atom stereocenters. The van der Waals surface area contributed by atoms with Crippen LogP contribution in [-0.4, -0.2) is 16.3 Å². The number of anilines is 2. The average molecular weight is 179 g/mol. The molecule has 0 bridgehead atoms. The van der Waals surface area contributed by atoms with E-state index in [2.05, 4.69) is 17.2 Å². The molecule has 2 rings (SSSR count). The Morgan fingerprint density at radius 1 is 1.62 bits per heavy atom. The molecule has 1 aromatic heterocycles. The number of pyridine rings is 1. The van der Waals surface area contributed by atoms with E-state index in [0.717, 1.165) is 12.0 Å². The van der Waals surface area contributed by atoms with E-state index in [1.165, 1.54) is 0 Å². The Kier molecular flexibility index (Phi) is 1.84. The number of aliphatic hydroxyl groups is 1. The molecule has 0 saturated carbocycles. The molecule has 4 heteroatoms. The van der Waals surface area contributed by atoms with Crippen LogP contribution >= 0.6 is 0 Å². The van der Waals surface area contributed by atoms with E-state index in [4.69, 9.17) is 5.73 Å². The maximum absolute atomic E-state index is 9.43. The van der Waals surface area contributed by atoms with Gasteiger partial charge in [0.25, 0.3) is 0 Å². The minimum Gasteiger partial charge on any atom is -0.384 e. The van der Waals surface area contributed by atoms with Gasteiger partial charge < -0.3 is 16.2 Å². The molecule has 1 aliphatic rings. The first-order chi connectivity index (χ1) is 6.16. The van der Waals surface area contributed by atoms with E-state index in [1.807, 2.05) is 6.07 Å². The van der Waals surface area contributed by atoms with Crippen molar-refractivity contribution in [3.05, 3.63) is 17.7 Å². The third-order valence-electron chi connectivity index (χ3n) is 2.36. The first kappa shape index (κ1) is 8.31. The molecule has 4 N–H and O–H groups in total. The molecule has 2 heterocycles. The highest BCUT2D eigenvalue weighted by Gasteiger charge is 2.22. The zero-order chi connectivity index (χ0) is 9.42. The number of nitrogens with one attached hydrogen (secondary N) is 1. The second-order valence-electron chi connectivity index (χ2n) is 3.47. The fraction of sp³-hybridized carbons (Fsp3) is 0.444. The van der Waals surface area contributed by atoms with Crippen molar-refractivity contribution in [3.63, 3.8) is 0 Å². The van der Waals surface area contributed by atoms with Crippen molar-refractivity contribution in [3.8, 4) is 0 Å². The molecule has 13 heavy (non-hydrogen) atoms. The highest BCUT2D eigenvalue weighted by molar-refractivity contribution is 5.53. The first-order valence-electron chi connectivity index (χ1n) is 4.38. The lowest BCUT2D eigenvalue weighted by molar-refractivity contribution is 0.179. The Hall–Kier alpha value is -1.29. The van der Waals surface area contributed by atoms with Gasteiger partial charge in [0.2, 0.25) is 0 Å². The summed E-state index contributed by atoms with van der Waals surface area (Å²) in [6.07, 6.45) is 0.218. The SMILES string of the molecule is C[C@@H]1C[C@H](O)Nc2nc(N)ccc21. The summed E-state index contributed by atoms with van der Waals surface area (Å²) in [4.78, 5) is 4.12. The van der Waals surface area contributed by atoms with Gasteiger partial charge in [0.1, 0.15) is 17.9 Å². The number of nitrogens with zero attached hydrogens (tertiary/aromatic N) is 1. The van der Waals surface area contributed by atoms with Crippen LogP contribution in [0.2, 0.25) is 0 Å². The van der Waals surface area contributed by atoms with E-state index in [9.17, 15) is 5.11 Å². The summed E-state index contributed by atoms with van der Waals surface area (Å²) in [5.74, 6) is 1.53. The van der Waals surface area contributed by atoms with Crippen molar-refractivity contribution >= 4 is 11.6 Å². The molecule has 1 aliphatic heterocycles. The fourth-order valence-electron chi connectivity index (χ4n) is 1.68. The van der Waals surface area contributed by atoms with Gasteiger partial charge in [-0.15, -0.1) is 0 Å². The van der Waals surface area contributed by atoms with E-state index < -0.39 is 6.23 Å². The number of aromatic nitrogens is 1. The van der Waals surface area contributed by atoms with Gasteiger partial charge >= 0.3 is 0 Å². The topological polar surface area (TPSA) is 71.2 Å². The van der Waals surface area contributed by atoms with Crippen LogP contribution in [0.15, 0.2) is 12.1 Å². The molecule has 70 valence electrons. The molecule has 4 nitrogen and oxygen atoms in total. The summed E-state index contributed by atoms with van der Waals surface area (Å²) in [5, 5.41) is 12.3. The lowest BCUT2D eigenvalue weighted by atomic mass is 9.94. The zero-order valence-corrected chi connectivity index (χ0v) is 7.49. The smallest absolute Gasteiger partial charge is 0.133 e. The summed E-state index contributed by atoms with van der Waals surface area (Å²) in [5.41, 5.74) is 6.66. The van der Waals surface area contributed by atoms with E-state index in [0.29, 0.717) is 17.6 Å². The fourth-order valence-corrected chi connectivity index (χ4v) is 1.68. The van der Waals surface area contributed by atoms with Gasteiger partial charge in [-0.3, -0.25) is 0 Å². The normalized spacial score (nSPS) is 26.3. The second kappa shape index (κ2) is 2.88. The van der Waals surface area contributed by atoms with Crippen LogP contribution in [0.3, 0.4) is 0 Å². The van der Waals surface area contributed by atoms with Crippen molar-refractivity contribution in [2.75, 3.05) is 11.1 Å². The maximum Gasteiger partial charge on any atom is 0.133 e. The van der Waals surface area contributed by atoms with Crippen molar-refractivity contribution in [1.29, 1.82) is 0 Å². The minimum atomic E-state index is -0.503. The highest BCUT2D eigenvalue weighted by Crippen LogP contribution is 2.32. The minimum absolute atomic E-state index is 0.333.